The van der Waals surface area contributed by atoms with E-state index >= 15 is 0 Å². The number of allylic oxidation sites excluding steroid dienone is 1. The van der Waals surface area contributed by atoms with Gasteiger partial charge in [-0.25, -0.2) is 9.59 Å². The zero-order valence-corrected chi connectivity index (χ0v) is 7.11. The highest BCUT2D eigenvalue weighted by Crippen LogP contribution is 1.90. The van der Waals surface area contributed by atoms with Gasteiger partial charge in [0, 0.05) is 0 Å². The van der Waals surface area contributed by atoms with Crippen molar-refractivity contribution < 1.29 is 24.5 Å². The van der Waals surface area contributed by atoms with E-state index in [1.165, 1.54) is 6.92 Å². The standard InChI is InChI=1S/C7H11NO5/c1-4(2)13-7(12)8-3-5(9)6(10)11/h5,9H,1,3H2,2H3,(H,8,12)(H,10,11)/t5-/m0/s1. The highest BCUT2D eigenvalue weighted by Gasteiger charge is 2.14. The number of aliphatic hydroxyl groups is 1. The lowest BCUT2D eigenvalue weighted by atomic mass is 10.4. The van der Waals surface area contributed by atoms with Crippen LogP contribution in [0.4, 0.5) is 4.79 Å². The second kappa shape index (κ2) is 5.15. The molecule has 6 nitrogen and oxygen atoms in total. The average molecular weight is 189 g/mol. The van der Waals surface area contributed by atoms with Crippen LogP contribution in [0.25, 0.3) is 0 Å². The van der Waals surface area contributed by atoms with Gasteiger partial charge in [0.1, 0.15) is 0 Å². The Morgan fingerprint density at radius 3 is 2.54 bits per heavy atom. The van der Waals surface area contributed by atoms with Gasteiger partial charge >= 0.3 is 12.1 Å². The average Bonchev–Trinajstić information content (AvgIpc) is 1.98. The number of hydrogen-bond donors (Lipinski definition) is 3. The number of carboxylic acids is 1. The van der Waals surface area contributed by atoms with E-state index < -0.39 is 24.7 Å². The van der Waals surface area contributed by atoms with Crippen molar-refractivity contribution in [1.82, 2.24) is 5.32 Å². The molecule has 0 heterocycles. The lowest BCUT2D eigenvalue weighted by molar-refractivity contribution is -0.146. The molecule has 1 amide bonds. The monoisotopic (exact) mass is 189 g/mol. The molecule has 3 N–H and O–H groups in total. The summed E-state index contributed by atoms with van der Waals surface area (Å²) in [5, 5.41) is 19.0. The van der Waals surface area contributed by atoms with Gasteiger partial charge < -0.3 is 20.3 Å². The fourth-order valence-electron chi connectivity index (χ4n) is 0.462. The summed E-state index contributed by atoms with van der Waals surface area (Å²) < 4.78 is 4.43. The SMILES string of the molecule is C=C(C)OC(=O)NC[C@H](O)C(=O)O. The second-order valence-electron chi connectivity index (χ2n) is 2.33. The van der Waals surface area contributed by atoms with Crippen LogP contribution in [-0.2, 0) is 9.53 Å². The Hall–Kier alpha value is -1.56. The molecule has 13 heavy (non-hydrogen) atoms. The van der Waals surface area contributed by atoms with E-state index in [9.17, 15) is 9.59 Å². The molecule has 0 aromatic carbocycles. The Balaban J connectivity index is 3.70. The van der Waals surface area contributed by atoms with Crippen molar-refractivity contribution >= 4 is 12.1 Å². The van der Waals surface area contributed by atoms with Crippen LogP contribution in [0.1, 0.15) is 6.92 Å². The van der Waals surface area contributed by atoms with Crippen molar-refractivity contribution in [1.29, 1.82) is 0 Å². The number of hydrogen-bond acceptors (Lipinski definition) is 4. The smallest absolute Gasteiger partial charge is 0.412 e. The van der Waals surface area contributed by atoms with Crippen LogP contribution in [0.2, 0.25) is 0 Å². The first-order chi connectivity index (χ1) is 5.93. The first-order valence-corrected chi connectivity index (χ1v) is 3.45. The maximum absolute atomic E-state index is 10.7. The van der Waals surface area contributed by atoms with Crippen LogP contribution in [0.5, 0.6) is 0 Å². The summed E-state index contributed by atoms with van der Waals surface area (Å²) >= 11 is 0. The first kappa shape index (κ1) is 11.4. The molecule has 0 saturated carbocycles. The van der Waals surface area contributed by atoms with Crippen molar-refractivity contribution in [3.63, 3.8) is 0 Å². The number of ether oxygens (including phenoxy) is 1. The zero-order chi connectivity index (χ0) is 10.4. The van der Waals surface area contributed by atoms with Gasteiger partial charge in [0.15, 0.2) is 6.10 Å². The Labute approximate surface area is 74.8 Å². The van der Waals surface area contributed by atoms with Crippen LogP contribution in [0, 0.1) is 0 Å². The number of aliphatic carboxylic acids is 1. The summed E-state index contributed by atoms with van der Waals surface area (Å²) in [5.74, 6) is -1.22. The Morgan fingerprint density at radius 2 is 2.15 bits per heavy atom. The van der Waals surface area contributed by atoms with Crippen LogP contribution in [0.3, 0.4) is 0 Å². The van der Waals surface area contributed by atoms with Crippen molar-refractivity contribution in [3.05, 3.63) is 12.3 Å². The van der Waals surface area contributed by atoms with Gasteiger partial charge in [0.05, 0.1) is 12.3 Å². The minimum Gasteiger partial charge on any atom is -0.479 e. The van der Waals surface area contributed by atoms with E-state index in [-0.39, 0.29) is 5.76 Å². The molecule has 0 bridgehead atoms. The molecule has 0 aliphatic heterocycles. The second-order valence-corrected chi connectivity index (χ2v) is 2.33. The topological polar surface area (TPSA) is 95.9 Å². The summed E-state index contributed by atoms with van der Waals surface area (Å²) in [6.07, 6.45) is -2.47. The van der Waals surface area contributed by atoms with Gasteiger partial charge in [-0.2, -0.15) is 0 Å². The summed E-state index contributed by atoms with van der Waals surface area (Å²) in [5.41, 5.74) is 0. The predicted molar refractivity (Wildman–Crippen MR) is 42.9 cm³/mol. The maximum Gasteiger partial charge on any atom is 0.412 e. The Bertz CT molecular complexity index is 225. The number of rotatable bonds is 4. The van der Waals surface area contributed by atoms with Crippen molar-refractivity contribution in [2.45, 2.75) is 13.0 Å². The summed E-state index contributed by atoms with van der Waals surface area (Å²) in [6.45, 7) is 4.36. The third-order valence-corrected chi connectivity index (χ3v) is 0.992. The first-order valence-electron chi connectivity index (χ1n) is 3.45. The van der Waals surface area contributed by atoms with Crippen LogP contribution < -0.4 is 5.32 Å². The molecule has 0 radical (unpaired) electrons. The van der Waals surface area contributed by atoms with Gasteiger partial charge in [0.2, 0.25) is 0 Å². The number of carbonyl (C=O) groups is 2. The van der Waals surface area contributed by atoms with Crippen LogP contribution in [-0.4, -0.2) is 34.9 Å². The van der Waals surface area contributed by atoms with Gasteiger partial charge in [-0.05, 0) is 6.92 Å². The number of amides is 1. The summed E-state index contributed by atoms with van der Waals surface area (Å²) in [6, 6.07) is 0. The van der Waals surface area contributed by atoms with E-state index in [4.69, 9.17) is 10.2 Å². The molecule has 74 valence electrons. The lowest BCUT2D eigenvalue weighted by Crippen LogP contribution is -2.36. The molecular weight excluding hydrogens is 178 g/mol. The number of carbonyl (C=O) groups excluding carboxylic acids is 1. The zero-order valence-electron chi connectivity index (χ0n) is 7.11. The lowest BCUT2D eigenvalue weighted by Gasteiger charge is -2.07. The molecule has 0 unspecified atom stereocenters. The van der Waals surface area contributed by atoms with Crippen LogP contribution >= 0.6 is 0 Å². The molecule has 6 heteroatoms. The number of alkyl carbamates (subject to hydrolysis) is 1. The normalized spacial score (nSPS) is 11.5. The van der Waals surface area contributed by atoms with Gasteiger partial charge in [-0.3, -0.25) is 0 Å². The number of aliphatic hydroxyl groups excluding tert-OH is 1. The number of carboxylic acid groups (broad SMARTS) is 1. The minimum absolute atomic E-state index is 0.183. The molecule has 0 rings (SSSR count). The third kappa shape index (κ3) is 5.68. The van der Waals surface area contributed by atoms with E-state index in [2.05, 4.69) is 11.3 Å². The van der Waals surface area contributed by atoms with E-state index in [1.54, 1.807) is 0 Å². The molecule has 0 aromatic rings. The summed E-state index contributed by atoms with van der Waals surface area (Å²) in [4.78, 5) is 20.8. The highest BCUT2D eigenvalue weighted by molar-refractivity contribution is 5.74. The molecule has 0 aliphatic carbocycles. The molecular formula is C7H11NO5. The largest absolute Gasteiger partial charge is 0.479 e. The van der Waals surface area contributed by atoms with E-state index in [0.717, 1.165) is 0 Å². The van der Waals surface area contributed by atoms with Gasteiger partial charge in [0.25, 0.3) is 0 Å². The fourth-order valence-corrected chi connectivity index (χ4v) is 0.462. The molecule has 0 spiro atoms. The molecule has 0 aromatic heterocycles. The molecule has 0 aliphatic rings. The van der Waals surface area contributed by atoms with E-state index in [1.807, 2.05) is 5.32 Å². The van der Waals surface area contributed by atoms with Gasteiger partial charge in [-0.1, -0.05) is 6.58 Å². The number of nitrogens with one attached hydrogen (secondary N) is 1. The predicted octanol–water partition coefficient (Wildman–Crippen LogP) is -0.308. The van der Waals surface area contributed by atoms with Crippen LogP contribution in [0.15, 0.2) is 12.3 Å². The Kier molecular flexibility index (Phi) is 4.53. The molecule has 0 saturated heterocycles. The third-order valence-electron chi connectivity index (χ3n) is 0.992. The Morgan fingerprint density at radius 1 is 1.62 bits per heavy atom. The fraction of sp³-hybridized carbons (Fsp3) is 0.429. The highest BCUT2D eigenvalue weighted by atomic mass is 16.6. The van der Waals surface area contributed by atoms with Crippen molar-refractivity contribution in [2.24, 2.45) is 0 Å². The molecule has 0 fully saturated rings. The minimum atomic E-state index is -1.63. The molecule has 1 atom stereocenters. The maximum atomic E-state index is 10.7. The van der Waals surface area contributed by atoms with Crippen molar-refractivity contribution in [3.8, 4) is 0 Å². The van der Waals surface area contributed by atoms with Gasteiger partial charge in [-0.15, -0.1) is 0 Å². The van der Waals surface area contributed by atoms with E-state index in [0.29, 0.717) is 0 Å². The van der Waals surface area contributed by atoms with Crippen molar-refractivity contribution in [2.75, 3.05) is 6.54 Å². The summed E-state index contributed by atoms with van der Waals surface area (Å²) in [7, 11) is 0. The quantitative estimate of drug-likeness (QED) is 0.527.